The molecule has 0 aliphatic heterocycles. The summed E-state index contributed by atoms with van der Waals surface area (Å²) in [6.45, 7) is 7.55. The van der Waals surface area contributed by atoms with Crippen molar-refractivity contribution in [2.45, 2.75) is 27.3 Å². The lowest BCUT2D eigenvalue weighted by Crippen LogP contribution is -2.19. The second-order valence-electron chi connectivity index (χ2n) is 5.38. The third kappa shape index (κ3) is 3.63. The molecular weight excluding hydrogens is 270 g/mol. The number of aromatic nitrogens is 3. The van der Waals surface area contributed by atoms with E-state index in [0.29, 0.717) is 18.2 Å². The number of rotatable bonds is 6. The monoisotopic (exact) mass is 289 g/mol. The Morgan fingerprint density at radius 2 is 2.19 bits per heavy atom. The Balaban J connectivity index is 2.24. The molecule has 0 saturated carbocycles. The molecule has 0 bridgehead atoms. The van der Waals surface area contributed by atoms with Crippen molar-refractivity contribution in [2.75, 3.05) is 6.54 Å². The average Bonchev–Trinajstić information content (AvgIpc) is 2.86. The third-order valence-corrected chi connectivity index (χ3v) is 3.04. The molecule has 0 spiro atoms. The Kier molecular flexibility index (Phi) is 4.64. The molecule has 21 heavy (non-hydrogen) atoms. The highest BCUT2D eigenvalue weighted by molar-refractivity contribution is 5.56. The van der Waals surface area contributed by atoms with Crippen LogP contribution in [0, 0.1) is 23.0 Å². The minimum absolute atomic E-state index is 0.0292. The predicted octanol–water partition coefficient (Wildman–Crippen LogP) is 2.23. The molecule has 7 nitrogen and oxygen atoms in total. The molecule has 0 saturated heterocycles. The number of hydrogen-bond acceptors (Lipinski definition) is 5. The van der Waals surface area contributed by atoms with Crippen molar-refractivity contribution in [2.24, 2.45) is 5.92 Å². The first-order valence-corrected chi connectivity index (χ1v) is 6.85. The van der Waals surface area contributed by atoms with Crippen molar-refractivity contribution >= 4 is 5.69 Å². The van der Waals surface area contributed by atoms with E-state index >= 15 is 0 Å². The SMILES string of the molecule is Cc1cccc([N+](=O)[O-])c1-n1cc(CNCC(C)C)nn1. The first-order valence-electron chi connectivity index (χ1n) is 6.85. The van der Waals surface area contributed by atoms with Crippen LogP contribution in [-0.2, 0) is 6.54 Å². The van der Waals surface area contributed by atoms with E-state index in [2.05, 4.69) is 29.5 Å². The topological polar surface area (TPSA) is 85.9 Å². The molecule has 7 heteroatoms. The normalized spacial score (nSPS) is 11.0. The van der Waals surface area contributed by atoms with Crippen LogP contribution >= 0.6 is 0 Å². The molecule has 0 unspecified atom stereocenters. The van der Waals surface area contributed by atoms with Crippen LogP contribution in [0.15, 0.2) is 24.4 Å². The summed E-state index contributed by atoms with van der Waals surface area (Å²) in [5, 5.41) is 22.5. The summed E-state index contributed by atoms with van der Waals surface area (Å²) in [4.78, 5) is 10.7. The Morgan fingerprint density at radius 1 is 1.43 bits per heavy atom. The number of para-hydroxylation sites is 1. The lowest BCUT2D eigenvalue weighted by atomic mass is 10.1. The number of benzene rings is 1. The number of nitro groups is 1. The van der Waals surface area contributed by atoms with Crippen molar-refractivity contribution in [3.8, 4) is 5.69 Å². The smallest absolute Gasteiger partial charge is 0.295 e. The summed E-state index contributed by atoms with van der Waals surface area (Å²) < 4.78 is 1.47. The quantitative estimate of drug-likeness (QED) is 0.651. The first-order chi connectivity index (χ1) is 9.99. The fourth-order valence-corrected chi connectivity index (χ4v) is 2.07. The minimum Gasteiger partial charge on any atom is -0.311 e. The number of nitro benzene ring substituents is 1. The summed E-state index contributed by atoms with van der Waals surface area (Å²) in [5.74, 6) is 0.553. The van der Waals surface area contributed by atoms with Crippen molar-refractivity contribution in [3.05, 3.63) is 45.8 Å². The molecule has 1 aromatic heterocycles. The maximum Gasteiger partial charge on any atom is 0.295 e. The molecule has 0 atom stereocenters. The number of aryl methyl sites for hydroxylation is 1. The van der Waals surface area contributed by atoms with E-state index in [9.17, 15) is 10.1 Å². The van der Waals surface area contributed by atoms with Gasteiger partial charge < -0.3 is 5.32 Å². The van der Waals surface area contributed by atoms with Crippen LogP contribution in [0.3, 0.4) is 0 Å². The molecule has 0 aliphatic rings. The van der Waals surface area contributed by atoms with E-state index < -0.39 is 4.92 Å². The van der Waals surface area contributed by atoms with Gasteiger partial charge in [0.05, 0.1) is 16.8 Å². The van der Waals surface area contributed by atoms with Crippen LogP contribution < -0.4 is 5.32 Å². The van der Waals surface area contributed by atoms with E-state index in [4.69, 9.17) is 0 Å². The average molecular weight is 289 g/mol. The lowest BCUT2D eigenvalue weighted by Gasteiger charge is -2.05. The maximum atomic E-state index is 11.1. The van der Waals surface area contributed by atoms with Gasteiger partial charge in [-0.05, 0) is 24.9 Å². The van der Waals surface area contributed by atoms with Gasteiger partial charge in [-0.25, -0.2) is 4.68 Å². The van der Waals surface area contributed by atoms with Crippen LogP contribution in [0.2, 0.25) is 0 Å². The molecule has 1 N–H and O–H groups in total. The van der Waals surface area contributed by atoms with E-state index in [1.807, 2.05) is 13.0 Å². The van der Waals surface area contributed by atoms with Crippen molar-refractivity contribution < 1.29 is 4.92 Å². The van der Waals surface area contributed by atoms with Crippen LogP contribution in [-0.4, -0.2) is 26.5 Å². The molecule has 0 fully saturated rings. The van der Waals surface area contributed by atoms with Gasteiger partial charge >= 0.3 is 0 Å². The maximum absolute atomic E-state index is 11.1. The van der Waals surface area contributed by atoms with Crippen LogP contribution in [0.4, 0.5) is 5.69 Å². The van der Waals surface area contributed by atoms with E-state index in [-0.39, 0.29) is 5.69 Å². The first kappa shape index (κ1) is 15.1. The largest absolute Gasteiger partial charge is 0.311 e. The van der Waals surface area contributed by atoms with Gasteiger partial charge in [0, 0.05) is 12.6 Å². The fraction of sp³-hybridized carbons (Fsp3) is 0.429. The summed E-state index contributed by atoms with van der Waals surface area (Å²) in [6, 6.07) is 4.96. The van der Waals surface area contributed by atoms with Crippen molar-refractivity contribution in [1.82, 2.24) is 20.3 Å². The fourth-order valence-electron chi connectivity index (χ4n) is 2.07. The Hall–Kier alpha value is -2.28. The van der Waals surface area contributed by atoms with Gasteiger partial charge in [0.1, 0.15) is 5.69 Å². The highest BCUT2D eigenvalue weighted by Crippen LogP contribution is 2.25. The Morgan fingerprint density at radius 3 is 2.86 bits per heavy atom. The van der Waals surface area contributed by atoms with Gasteiger partial charge in [0.15, 0.2) is 0 Å². The zero-order valence-electron chi connectivity index (χ0n) is 12.4. The second-order valence-corrected chi connectivity index (χ2v) is 5.38. The van der Waals surface area contributed by atoms with Gasteiger partial charge in [-0.15, -0.1) is 5.10 Å². The Labute approximate surface area is 123 Å². The molecule has 112 valence electrons. The summed E-state index contributed by atoms with van der Waals surface area (Å²) in [6.07, 6.45) is 1.72. The highest BCUT2D eigenvalue weighted by Gasteiger charge is 2.18. The molecule has 1 aromatic carbocycles. The number of hydrogen-bond donors (Lipinski definition) is 1. The lowest BCUT2D eigenvalue weighted by molar-refractivity contribution is -0.384. The van der Waals surface area contributed by atoms with Gasteiger partial charge in [0.25, 0.3) is 5.69 Å². The van der Waals surface area contributed by atoms with Crippen LogP contribution in [0.25, 0.3) is 5.69 Å². The van der Waals surface area contributed by atoms with E-state index in [1.165, 1.54) is 10.7 Å². The molecule has 0 amide bonds. The predicted molar refractivity (Wildman–Crippen MR) is 79.3 cm³/mol. The van der Waals surface area contributed by atoms with Gasteiger partial charge in [0.2, 0.25) is 0 Å². The molecule has 0 radical (unpaired) electrons. The van der Waals surface area contributed by atoms with Gasteiger partial charge in [-0.2, -0.15) is 0 Å². The zero-order valence-corrected chi connectivity index (χ0v) is 12.4. The van der Waals surface area contributed by atoms with E-state index in [0.717, 1.165) is 17.8 Å². The molecule has 0 aliphatic carbocycles. The van der Waals surface area contributed by atoms with Crippen LogP contribution in [0.1, 0.15) is 25.1 Å². The minimum atomic E-state index is -0.402. The summed E-state index contributed by atoms with van der Waals surface area (Å²) in [7, 11) is 0. The number of nitrogens with zero attached hydrogens (tertiary/aromatic N) is 4. The summed E-state index contributed by atoms with van der Waals surface area (Å²) >= 11 is 0. The molecular formula is C14H19N5O2. The number of nitrogens with one attached hydrogen (secondary N) is 1. The van der Waals surface area contributed by atoms with Crippen LogP contribution in [0.5, 0.6) is 0 Å². The zero-order chi connectivity index (χ0) is 15.4. The Bertz CT molecular complexity index is 636. The van der Waals surface area contributed by atoms with Crippen molar-refractivity contribution in [3.63, 3.8) is 0 Å². The molecule has 2 rings (SSSR count). The van der Waals surface area contributed by atoms with Gasteiger partial charge in [-0.3, -0.25) is 10.1 Å². The third-order valence-electron chi connectivity index (χ3n) is 3.04. The van der Waals surface area contributed by atoms with Crippen molar-refractivity contribution in [1.29, 1.82) is 0 Å². The summed E-state index contributed by atoms with van der Waals surface area (Å²) in [5.41, 5.74) is 2.04. The molecule has 2 aromatic rings. The van der Waals surface area contributed by atoms with Gasteiger partial charge in [-0.1, -0.05) is 31.2 Å². The standard InChI is InChI=1S/C14H19N5O2/c1-10(2)7-15-8-12-9-18(17-16-12)14-11(3)5-4-6-13(14)19(20)21/h4-6,9-10,15H,7-8H2,1-3H3. The van der Waals surface area contributed by atoms with E-state index in [1.54, 1.807) is 12.3 Å². The molecule has 1 heterocycles. The second kappa shape index (κ2) is 6.45. The highest BCUT2D eigenvalue weighted by atomic mass is 16.6.